The van der Waals surface area contributed by atoms with Gasteiger partial charge < -0.3 is 19.6 Å². The van der Waals surface area contributed by atoms with Gasteiger partial charge >= 0.3 is 0 Å². The van der Waals surface area contributed by atoms with E-state index in [-0.39, 0.29) is 5.91 Å². The highest BCUT2D eigenvalue weighted by molar-refractivity contribution is 6.06. The summed E-state index contributed by atoms with van der Waals surface area (Å²) in [5.74, 6) is 1.32. The molecule has 1 amide bonds. The van der Waals surface area contributed by atoms with Crippen LogP contribution in [-0.4, -0.2) is 34.2 Å². The van der Waals surface area contributed by atoms with Crippen LogP contribution < -0.4 is 5.32 Å². The number of nitrogens with zero attached hydrogens (tertiary/aromatic N) is 2. The minimum atomic E-state index is -0.150. The number of aromatic amines is 1. The van der Waals surface area contributed by atoms with E-state index < -0.39 is 0 Å². The number of hydrogen-bond donors (Lipinski definition) is 2. The number of methoxy groups -OCH3 is 1. The number of para-hydroxylation sites is 2. The smallest absolute Gasteiger partial charge is 0.256 e. The summed E-state index contributed by atoms with van der Waals surface area (Å²) in [6.07, 6.45) is 0. The number of aromatic nitrogens is 3. The van der Waals surface area contributed by atoms with E-state index in [2.05, 4.69) is 28.7 Å². The molecule has 4 aromatic rings. The zero-order chi connectivity index (χ0) is 21.3. The lowest BCUT2D eigenvalue weighted by Gasteiger charge is -2.13. The fraction of sp³-hybridized carbons (Fsp3) is 0.250. The van der Waals surface area contributed by atoms with Crippen LogP contribution in [0.1, 0.15) is 27.2 Å². The van der Waals surface area contributed by atoms with Crippen molar-refractivity contribution in [1.29, 1.82) is 0 Å². The molecule has 0 aliphatic heterocycles. The monoisotopic (exact) mass is 402 g/mol. The van der Waals surface area contributed by atoms with Crippen molar-refractivity contribution >= 4 is 22.8 Å². The van der Waals surface area contributed by atoms with Crippen molar-refractivity contribution in [3.05, 3.63) is 70.9 Å². The molecule has 2 aromatic heterocycles. The van der Waals surface area contributed by atoms with Crippen LogP contribution in [0.4, 0.5) is 5.82 Å². The van der Waals surface area contributed by atoms with E-state index >= 15 is 0 Å². The molecule has 30 heavy (non-hydrogen) atoms. The molecule has 6 heteroatoms. The van der Waals surface area contributed by atoms with Crippen LogP contribution in [0.5, 0.6) is 0 Å². The fourth-order valence-electron chi connectivity index (χ4n) is 3.70. The first kappa shape index (κ1) is 19.9. The molecule has 2 heterocycles. The second kappa shape index (κ2) is 8.16. The summed E-state index contributed by atoms with van der Waals surface area (Å²) in [7, 11) is 1.68. The Bertz CT molecular complexity index is 1170. The Kier molecular flexibility index (Phi) is 5.42. The number of carbonyl (C=O) groups excluding carboxylic acids is 1. The molecule has 2 aromatic carbocycles. The Morgan fingerprint density at radius 2 is 1.83 bits per heavy atom. The van der Waals surface area contributed by atoms with Gasteiger partial charge in [0, 0.05) is 24.9 Å². The zero-order valence-corrected chi connectivity index (χ0v) is 17.7. The van der Waals surface area contributed by atoms with Gasteiger partial charge in [0.2, 0.25) is 0 Å². The van der Waals surface area contributed by atoms with Gasteiger partial charge in [-0.1, -0.05) is 29.8 Å². The van der Waals surface area contributed by atoms with E-state index in [0.717, 1.165) is 45.1 Å². The van der Waals surface area contributed by atoms with E-state index in [4.69, 9.17) is 9.72 Å². The molecular formula is C24H26N4O2. The molecule has 154 valence electrons. The van der Waals surface area contributed by atoms with Gasteiger partial charge in [-0.15, -0.1) is 0 Å². The maximum atomic E-state index is 13.0. The van der Waals surface area contributed by atoms with Crippen LogP contribution in [0.2, 0.25) is 0 Å². The second-order valence-electron chi connectivity index (χ2n) is 7.50. The van der Waals surface area contributed by atoms with Crippen molar-refractivity contribution in [2.45, 2.75) is 27.3 Å². The van der Waals surface area contributed by atoms with Crippen molar-refractivity contribution in [3.8, 4) is 11.4 Å². The number of carbonyl (C=O) groups is 1. The number of hydrogen-bond acceptors (Lipinski definition) is 3. The molecule has 2 N–H and O–H groups in total. The average Bonchev–Trinajstić information content (AvgIpc) is 3.26. The number of aryl methyl sites for hydroxylation is 1. The quantitative estimate of drug-likeness (QED) is 0.484. The van der Waals surface area contributed by atoms with Crippen molar-refractivity contribution in [2.75, 3.05) is 19.0 Å². The molecular weight excluding hydrogens is 376 g/mol. The first-order chi connectivity index (χ1) is 14.5. The van der Waals surface area contributed by atoms with Crippen LogP contribution in [0.25, 0.3) is 22.4 Å². The molecule has 6 nitrogen and oxygen atoms in total. The maximum Gasteiger partial charge on any atom is 0.256 e. The van der Waals surface area contributed by atoms with E-state index in [1.807, 2.05) is 55.5 Å². The second-order valence-corrected chi connectivity index (χ2v) is 7.50. The molecule has 4 rings (SSSR count). The van der Waals surface area contributed by atoms with E-state index in [1.165, 1.54) is 0 Å². The third kappa shape index (κ3) is 3.62. The molecule has 0 aliphatic rings. The summed E-state index contributed by atoms with van der Waals surface area (Å²) >= 11 is 0. The standard InChI is InChI=1S/C24H26N4O2/c1-15-9-11-18(12-10-15)24(29)27-23-21(16(2)17(3)28(23)13-14-30-4)22-25-19-7-5-6-8-20(19)26-22/h5-12H,13-14H2,1-4H3,(H,25,26)(H,27,29). The predicted molar refractivity (Wildman–Crippen MR) is 120 cm³/mol. The number of ether oxygens (including phenoxy) is 1. The van der Waals surface area contributed by atoms with Crippen LogP contribution in [-0.2, 0) is 11.3 Å². The van der Waals surface area contributed by atoms with Crippen LogP contribution in [0, 0.1) is 20.8 Å². The van der Waals surface area contributed by atoms with Crippen molar-refractivity contribution < 1.29 is 9.53 Å². The lowest BCUT2D eigenvalue weighted by Crippen LogP contribution is -2.17. The number of imidazole rings is 1. The molecule has 0 aliphatic carbocycles. The molecule has 0 atom stereocenters. The molecule has 0 radical (unpaired) electrons. The van der Waals surface area contributed by atoms with Gasteiger partial charge in [0.05, 0.1) is 23.2 Å². The highest BCUT2D eigenvalue weighted by Crippen LogP contribution is 2.36. The zero-order valence-electron chi connectivity index (χ0n) is 17.7. The topological polar surface area (TPSA) is 71.9 Å². The summed E-state index contributed by atoms with van der Waals surface area (Å²) in [6.45, 7) is 7.29. The van der Waals surface area contributed by atoms with E-state index in [9.17, 15) is 4.79 Å². The fourth-order valence-corrected chi connectivity index (χ4v) is 3.70. The molecule has 0 saturated carbocycles. The Morgan fingerprint density at radius 1 is 1.10 bits per heavy atom. The number of amides is 1. The molecule has 0 unspecified atom stereocenters. The highest BCUT2D eigenvalue weighted by Gasteiger charge is 2.23. The van der Waals surface area contributed by atoms with Gasteiger partial charge in [-0.3, -0.25) is 4.79 Å². The van der Waals surface area contributed by atoms with Gasteiger partial charge in [-0.2, -0.15) is 0 Å². The van der Waals surface area contributed by atoms with Gasteiger partial charge in [-0.05, 0) is 50.6 Å². The lowest BCUT2D eigenvalue weighted by atomic mass is 10.1. The summed E-state index contributed by atoms with van der Waals surface area (Å²) in [4.78, 5) is 21.2. The van der Waals surface area contributed by atoms with Gasteiger partial charge in [0.15, 0.2) is 0 Å². The Labute approximate surface area is 175 Å². The molecule has 0 spiro atoms. The van der Waals surface area contributed by atoms with Gasteiger partial charge in [-0.25, -0.2) is 4.98 Å². The number of benzene rings is 2. The Morgan fingerprint density at radius 3 is 2.53 bits per heavy atom. The maximum absolute atomic E-state index is 13.0. The minimum Gasteiger partial charge on any atom is -0.383 e. The Hall–Kier alpha value is -3.38. The number of nitrogens with one attached hydrogen (secondary N) is 2. The predicted octanol–water partition coefficient (Wildman–Crippen LogP) is 4.86. The van der Waals surface area contributed by atoms with Gasteiger partial charge in [0.25, 0.3) is 5.91 Å². The van der Waals surface area contributed by atoms with Crippen molar-refractivity contribution in [2.24, 2.45) is 0 Å². The third-order valence-corrected chi connectivity index (χ3v) is 5.52. The Balaban J connectivity index is 1.82. The van der Waals surface area contributed by atoms with Crippen molar-refractivity contribution in [1.82, 2.24) is 14.5 Å². The number of anilines is 1. The van der Waals surface area contributed by atoms with E-state index in [1.54, 1.807) is 7.11 Å². The number of fused-ring (bicyclic) bond motifs is 1. The van der Waals surface area contributed by atoms with Gasteiger partial charge in [0.1, 0.15) is 11.6 Å². The number of H-pyrrole nitrogens is 1. The third-order valence-electron chi connectivity index (χ3n) is 5.52. The lowest BCUT2D eigenvalue weighted by molar-refractivity contribution is 0.102. The SMILES string of the molecule is COCCn1c(C)c(C)c(-c2nc3ccccc3[nH]2)c1NC(=O)c1ccc(C)cc1. The van der Waals surface area contributed by atoms with Crippen molar-refractivity contribution in [3.63, 3.8) is 0 Å². The number of rotatable bonds is 6. The summed E-state index contributed by atoms with van der Waals surface area (Å²) < 4.78 is 7.40. The summed E-state index contributed by atoms with van der Waals surface area (Å²) in [5.41, 5.74) is 6.64. The summed E-state index contributed by atoms with van der Waals surface area (Å²) in [5, 5.41) is 3.14. The minimum absolute atomic E-state index is 0.150. The van der Waals surface area contributed by atoms with E-state index in [0.29, 0.717) is 18.7 Å². The first-order valence-corrected chi connectivity index (χ1v) is 10.0. The van der Waals surface area contributed by atoms with Crippen LogP contribution in [0.15, 0.2) is 48.5 Å². The molecule has 0 fully saturated rings. The normalized spacial score (nSPS) is 11.2. The molecule has 0 bridgehead atoms. The first-order valence-electron chi connectivity index (χ1n) is 10.0. The van der Waals surface area contributed by atoms with Crippen LogP contribution in [0.3, 0.4) is 0 Å². The largest absolute Gasteiger partial charge is 0.383 e. The average molecular weight is 402 g/mol. The summed E-state index contributed by atoms with van der Waals surface area (Å²) in [6, 6.07) is 15.5. The molecule has 0 saturated heterocycles. The van der Waals surface area contributed by atoms with Crippen LogP contribution >= 0.6 is 0 Å². The highest BCUT2D eigenvalue weighted by atomic mass is 16.5.